The van der Waals surface area contributed by atoms with Crippen LogP contribution in [0.15, 0.2) is 42.5 Å². The summed E-state index contributed by atoms with van der Waals surface area (Å²) in [6.07, 6.45) is 0. The van der Waals surface area contributed by atoms with Crippen LogP contribution in [0.4, 0.5) is 5.69 Å². The first-order valence-electron chi connectivity index (χ1n) is 11.0. The Morgan fingerprint density at radius 3 is 2.37 bits per heavy atom. The van der Waals surface area contributed by atoms with Crippen LogP contribution < -0.4 is 24.6 Å². The molecule has 30 heavy (non-hydrogen) atoms. The summed E-state index contributed by atoms with van der Waals surface area (Å²) in [7, 11) is 0. The second-order valence-electron chi connectivity index (χ2n) is 8.76. The standard InChI is InChI=1S/C24H31N3O3/c1-17(2)20-6-4-19(5-7-20)15-26-10-12-27(13-11-26)18(3)24(28)25-21-8-9-22-23(14-21)30-16-29-22/h4-9,14,17-18H,10-13,15-16H2,1-3H3,(H,25,28)/p+2/t18-/m0/s1. The molecule has 6 nitrogen and oxygen atoms in total. The third kappa shape index (κ3) is 4.77. The normalized spacial score (nSPS) is 21.5. The Morgan fingerprint density at radius 2 is 1.67 bits per heavy atom. The second-order valence-corrected chi connectivity index (χ2v) is 8.76. The number of nitrogens with one attached hydrogen (secondary N) is 3. The SMILES string of the molecule is CC(C)c1ccc(C[NH+]2CC[NH+]([C@@H](C)C(=O)Nc3ccc4c(c3)OCO4)CC2)cc1. The predicted octanol–water partition coefficient (Wildman–Crippen LogP) is 0.849. The van der Waals surface area contributed by atoms with Gasteiger partial charge in [-0.2, -0.15) is 0 Å². The number of fused-ring (bicyclic) bond motifs is 1. The van der Waals surface area contributed by atoms with E-state index in [4.69, 9.17) is 9.47 Å². The predicted molar refractivity (Wildman–Crippen MR) is 116 cm³/mol. The van der Waals surface area contributed by atoms with Gasteiger partial charge in [-0.1, -0.05) is 38.1 Å². The molecule has 1 atom stereocenters. The number of carbonyl (C=O) groups is 1. The number of carbonyl (C=O) groups excluding carboxylic acids is 1. The fourth-order valence-corrected chi connectivity index (χ4v) is 4.25. The van der Waals surface area contributed by atoms with Crippen LogP contribution in [0.5, 0.6) is 11.5 Å². The van der Waals surface area contributed by atoms with Gasteiger partial charge in [0.1, 0.15) is 32.7 Å². The maximum atomic E-state index is 12.8. The van der Waals surface area contributed by atoms with E-state index >= 15 is 0 Å². The molecule has 0 aliphatic carbocycles. The van der Waals surface area contributed by atoms with Gasteiger partial charge in [-0.05, 0) is 30.5 Å². The highest BCUT2D eigenvalue weighted by Crippen LogP contribution is 2.34. The van der Waals surface area contributed by atoms with Crippen LogP contribution in [0.1, 0.15) is 37.8 Å². The van der Waals surface area contributed by atoms with E-state index < -0.39 is 0 Å². The first kappa shape index (κ1) is 20.7. The van der Waals surface area contributed by atoms with Gasteiger partial charge in [-0.15, -0.1) is 0 Å². The summed E-state index contributed by atoms with van der Waals surface area (Å²) >= 11 is 0. The molecule has 0 bridgehead atoms. The third-order valence-corrected chi connectivity index (χ3v) is 6.35. The lowest BCUT2D eigenvalue weighted by Gasteiger charge is -2.32. The number of anilines is 1. The molecule has 0 saturated carbocycles. The van der Waals surface area contributed by atoms with E-state index in [0.29, 0.717) is 11.7 Å². The summed E-state index contributed by atoms with van der Waals surface area (Å²) in [5.41, 5.74) is 3.54. The van der Waals surface area contributed by atoms with Crippen molar-refractivity contribution in [3.63, 3.8) is 0 Å². The zero-order chi connectivity index (χ0) is 21.1. The molecule has 0 aromatic heterocycles. The summed E-state index contributed by atoms with van der Waals surface area (Å²) in [5.74, 6) is 2.04. The van der Waals surface area contributed by atoms with E-state index in [1.807, 2.05) is 25.1 Å². The first-order valence-corrected chi connectivity index (χ1v) is 11.0. The lowest BCUT2D eigenvalue weighted by atomic mass is 10.0. The number of benzene rings is 2. The van der Waals surface area contributed by atoms with Gasteiger partial charge in [0, 0.05) is 17.3 Å². The Kier molecular flexibility index (Phi) is 6.25. The fraction of sp³-hybridized carbons (Fsp3) is 0.458. The average molecular weight is 412 g/mol. The molecule has 160 valence electrons. The van der Waals surface area contributed by atoms with Crippen molar-refractivity contribution in [2.45, 2.75) is 39.3 Å². The maximum absolute atomic E-state index is 12.8. The topological polar surface area (TPSA) is 56.4 Å². The smallest absolute Gasteiger partial charge is 0.282 e. The van der Waals surface area contributed by atoms with Crippen molar-refractivity contribution in [2.75, 3.05) is 38.3 Å². The molecule has 4 rings (SSSR count). The largest absolute Gasteiger partial charge is 0.454 e. The lowest BCUT2D eigenvalue weighted by molar-refractivity contribution is -1.02. The summed E-state index contributed by atoms with van der Waals surface area (Å²) in [6.45, 7) is 12.0. The summed E-state index contributed by atoms with van der Waals surface area (Å²) in [5, 5.41) is 3.03. The highest BCUT2D eigenvalue weighted by molar-refractivity contribution is 5.94. The number of piperazine rings is 1. The molecule has 1 saturated heterocycles. The van der Waals surface area contributed by atoms with Crippen molar-refractivity contribution < 1.29 is 24.1 Å². The first-order chi connectivity index (χ1) is 14.5. The summed E-state index contributed by atoms with van der Waals surface area (Å²) in [6, 6.07) is 14.5. The van der Waals surface area contributed by atoms with Crippen molar-refractivity contribution in [1.82, 2.24) is 0 Å². The molecule has 2 aromatic carbocycles. The third-order valence-electron chi connectivity index (χ3n) is 6.35. The highest BCUT2D eigenvalue weighted by Gasteiger charge is 2.31. The van der Waals surface area contributed by atoms with Gasteiger partial charge in [0.05, 0.1) is 0 Å². The minimum absolute atomic E-state index is 0.0524. The van der Waals surface area contributed by atoms with Crippen LogP contribution in [0.2, 0.25) is 0 Å². The highest BCUT2D eigenvalue weighted by atomic mass is 16.7. The van der Waals surface area contributed by atoms with Gasteiger partial charge in [0.2, 0.25) is 6.79 Å². The maximum Gasteiger partial charge on any atom is 0.282 e. The zero-order valence-electron chi connectivity index (χ0n) is 18.2. The summed E-state index contributed by atoms with van der Waals surface area (Å²) < 4.78 is 10.7. The Labute approximate surface area is 178 Å². The van der Waals surface area contributed by atoms with Crippen LogP contribution >= 0.6 is 0 Å². The number of rotatable bonds is 6. The minimum atomic E-state index is -0.0812. The molecule has 0 radical (unpaired) electrons. The molecule has 1 fully saturated rings. The Bertz CT molecular complexity index is 874. The second kappa shape index (κ2) is 9.06. The van der Waals surface area contributed by atoms with Crippen molar-refractivity contribution in [2.24, 2.45) is 0 Å². The van der Waals surface area contributed by atoms with E-state index in [1.165, 1.54) is 16.0 Å². The molecule has 0 spiro atoms. The molecule has 0 unspecified atom stereocenters. The molecular weight excluding hydrogens is 378 g/mol. The Balaban J connectivity index is 1.26. The Hall–Kier alpha value is -2.57. The molecule has 2 aliphatic heterocycles. The number of amides is 1. The van der Waals surface area contributed by atoms with Crippen LogP contribution in [0.25, 0.3) is 0 Å². The lowest BCUT2D eigenvalue weighted by Crippen LogP contribution is -3.29. The van der Waals surface area contributed by atoms with Gasteiger partial charge in [0.25, 0.3) is 5.91 Å². The molecular formula is C24H33N3O3+2. The number of quaternary nitrogens is 2. The van der Waals surface area contributed by atoms with Crippen molar-refractivity contribution in [3.8, 4) is 11.5 Å². The van der Waals surface area contributed by atoms with Gasteiger partial charge in [-0.3, -0.25) is 4.79 Å². The van der Waals surface area contributed by atoms with Crippen molar-refractivity contribution >= 4 is 11.6 Å². The van der Waals surface area contributed by atoms with E-state index in [1.54, 1.807) is 4.90 Å². The Morgan fingerprint density at radius 1 is 0.967 bits per heavy atom. The number of ether oxygens (including phenoxy) is 2. The molecule has 1 amide bonds. The molecule has 2 heterocycles. The molecule has 6 heteroatoms. The van der Waals surface area contributed by atoms with E-state index in [0.717, 1.165) is 44.2 Å². The average Bonchev–Trinajstić information content (AvgIpc) is 3.22. The van der Waals surface area contributed by atoms with E-state index in [9.17, 15) is 4.79 Å². The monoisotopic (exact) mass is 411 g/mol. The van der Waals surface area contributed by atoms with E-state index in [-0.39, 0.29) is 18.7 Å². The van der Waals surface area contributed by atoms with Gasteiger partial charge in [0.15, 0.2) is 17.5 Å². The van der Waals surface area contributed by atoms with Crippen LogP contribution in [-0.4, -0.2) is 44.9 Å². The number of hydrogen-bond acceptors (Lipinski definition) is 3. The molecule has 2 aromatic rings. The zero-order valence-corrected chi connectivity index (χ0v) is 18.2. The quantitative estimate of drug-likeness (QED) is 0.661. The van der Waals surface area contributed by atoms with E-state index in [2.05, 4.69) is 43.4 Å². The van der Waals surface area contributed by atoms with Crippen LogP contribution in [-0.2, 0) is 11.3 Å². The minimum Gasteiger partial charge on any atom is -0.454 e. The number of hydrogen-bond donors (Lipinski definition) is 3. The molecule has 2 aliphatic rings. The fourth-order valence-electron chi connectivity index (χ4n) is 4.25. The van der Waals surface area contributed by atoms with Gasteiger partial charge >= 0.3 is 0 Å². The van der Waals surface area contributed by atoms with Gasteiger partial charge < -0.3 is 24.6 Å². The molecule has 3 N–H and O–H groups in total. The van der Waals surface area contributed by atoms with Crippen molar-refractivity contribution in [3.05, 3.63) is 53.6 Å². The van der Waals surface area contributed by atoms with Crippen molar-refractivity contribution in [1.29, 1.82) is 0 Å². The van der Waals surface area contributed by atoms with Crippen LogP contribution in [0.3, 0.4) is 0 Å². The summed E-state index contributed by atoms with van der Waals surface area (Å²) in [4.78, 5) is 15.7. The van der Waals surface area contributed by atoms with Gasteiger partial charge in [-0.25, -0.2) is 0 Å². The van der Waals surface area contributed by atoms with Crippen LogP contribution in [0, 0.1) is 0 Å².